The molecule has 0 saturated heterocycles. The molecular formula is C12H14FN. The number of aromatic nitrogens is 1. The van der Waals surface area contributed by atoms with Gasteiger partial charge in [0, 0.05) is 11.6 Å². The third-order valence-electron chi connectivity index (χ3n) is 1.53. The predicted molar refractivity (Wildman–Crippen MR) is 55.3 cm³/mol. The van der Waals surface area contributed by atoms with E-state index in [1.165, 1.54) is 6.07 Å². The zero-order valence-corrected chi connectivity index (χ0v) is 8.98. The zero-order valence-electron chi connectivity index (χ0n) is 8.98. The quantitative estimate of drug-likeness (QED) is 0.574. The number of nitrogens with zero attached hydrogens (tertiary/aromatic N) is 1. The first-order valence-corrected chi connectivity index (χ1v) is 4.54. The minimum absolute atomic E-state index is 0.126. The van der Waals surface area contributed by atoms with Gasteiger partial charge < -0.3 is 0 Å². The number of pyridine rings is 1. The van der Waals surface area contributed by atoms with Crippen LogP contribution in [0.4, 0.5) is 4.39 Å². The molecule has 0 amide bonds. The zero-order chi connectivity index (χ0) is 10.8. The fourth-order valence-electron chi connectivity index (χ4n) is 0.872. The van der Waals surface area contributed by atoms with Crippen molar-refractivity contribution in [2.24, 2.45) is 5.41 Å². The molecule has 1 rings (SSSR count). The average molecular weight is 191 g/mol. The van der Waals surface area contributed by atoms with Crippen LogP contribution in [0.25, 0.3) is 0 Å². The summed E-state index contributed by atoms with van der Waals surface area (Å²) in [6, 6.07) is 1.44. The van der Waals surface area contributed by atoms with E-state index < -0.39 is 0 Å². The largest absolute Gasteiger partial charge is 0.244 e. The van der Waals surface area contributed by atoms with Gasteiger partial charge in [0.05, 0.1) is 0 Å². The summed E-state index contributed by atoms with van der Waals surface area (Å²) < 4.78 is 13.3. The van der Waals surface area contributed by atoms with Crippen molar-refractivity contribution in [1.82, 2.24) is 4.98 Å². The molecule has 0 atom stereocenters. The highest BCUT2D eigenvalue weighted by atomic mass is 19.1. The van der Waals surface area contributed by atoms with E-state index in [4.69, 9.17) is 0 Å². The van der Waals surface area contributed by atoms with Gasteiger partial charge in [-0.3, -0.25) is 0 Å². The van der Waals surface area contributed by atoms with E-state index in [9.17, 15) is 4.39 Å². The van der Waals surface area contributed by atoms with Gasteiger partial charge in [-0.15, -0.1) is 0 Å². The van der Waals surface area contributed by atoms with Crippen LogP contribution in [-0.2, 0) is 0 Å². The van der Waals surface area contributed by atoms with Crippen molar-refractivity contribution in [3.8, 4) is 11.8 Å². The molecule has 0 aliphatic rings. The summed E-state index contributed by atoms with van der Waals surface area (Å²) in [5.41, 5.74) is 0.910. The fraction of sp³-hybridized carbons (Fsp3) is 0.417. The third-order valence-corrected chi connectivity index (χ3v) is 1.53. The fourth-order valence-corrected chi connectivity index (χ4v) is 0.872. The molecule has 0 radical (unpaired) electrons. The Labute approximate surface area is 84.4 Å². The van der Waals surface area contributed by atoms with Gasteiger partial charge in [-0.2, -0.15) is 0 Å². The monoisotopic (exact) mass is 191 g/mol. The van der Waals surface area contributed by atoms with Crippen molar-refractivity contribution < 1.29 is 4.39 Å². The van der Waals surface area contributed by atoms with E-state index in [1.807, 2.05) is 20.8 Å². The van der Waals surface area contributed by atoms with Gasteiger partial charge in [-0.25, -0.2) is 9.37 Å². The molecule has 0 bridgehead atoms. The summed E-state index contributed by atoms with van der Waals surface area (Å²) in [4.78, 5) is 3.93. The lowest BCUT2D eigenvalue weighted by Gasteiger charge is -2.06. The summed E-state index contributed by atoms with van der Waals surface area (Å²) in [5.74, 6) is 5.34. The number of hydrogen-bond acceptors (Lipinski definition) is 1. The second-order valence-corrected chi connectivity index (χ2v) is 4.34. The molecular weight excluding hydrogens is 177 g/mol. The molecule has 0 N–H and O–H groups in total. The SMILES string of the molecule is Cc1cnc(C#CC(C)(C)C)c(F)c1. The highest BCUT2D eigenvalue weighted by Crippen LogP contribution is 2.11. The lowest BCUT2D eigenvalue weighted by Crippen LogP contribution is -2.00. The number of halogens is 1. The van der Waals surface area contributed by atoms with Crippen molar-refractivity contribution in [3.05, 3.63) is 29.3 Å². The van der Waals surface area contributed by atoms with E-state index in [1.54, 1.807) is 13.1 Å². The second kappa shape index (κ2) is 3.79. The van der Waals surface area contributed by atoms with E-state index >= 15 is 0 Å². The molecule has 14 heavy (non-hydrogen) atoms. The van der Waals surface area contributed by atoms with E-state index in [2.05, 4.69) is 16.8 Å². The predicted octanol–water partition coefficient (Wildman–Crippen LogP) is 2.93. The molecule has 0 aliphatic heterocycles. The maximum absolute atomic E-state index is 13.3. The molecule has 0 saturated carbocycles. The molecule has 1 nitrogen and oxygen atoms in total. The van der Waals surface area contributed by atoms with Gasteiger partial charge >= 0.3 is 0 Å². The summed E-state index contributed by atoms with van der Waals surface area (Å²) in [6.45, 7) is 7.74. The Kier molecular flexibility index (Phi) is 2.90. The van der Waals surface area contributed by atoms with Crippen LogP contribution in [0.2, 0.25) is 0 Å². The first kappa shape index (κ1) is 10.7. The van der Waals surface area contributed by atoms with E-state index in [0.717, 1.165) is 5.56 Å². The van der Waals surface area contributed by atoms with Gasteiger partial charge in [-0.05, 0) is 45.2 Å². The van der Waals surface area contributed by atoms with Crippen LogP contribution in [0.3, 0.4) is 0 Å². The molecule has 1 aromatic heterocycles. The summed E-state index contributed by atoms with van der Waals surface area (Å²) >= 11 is 0. The maximum atomic E-state index is 13.3. The van der Waals surface area contributed by atoms with Crippen LogP contribution < -0.4 is 0 Å². The molecule has 2 heteroatoms. The summed E-state index contributed by atoms with van der Waals surface area (Å²) in [7, 11) is 0. The highest BCUT2D eigenvalue weighted by molar-refractivity contribution is 5.31. The van der Waals surface area contributed by atoms with Crippen molar-refractivity contribution in [1.29, 1.82) is 0 Å². The van der Waals surface area contributed by atoms with Gasteiger partial charge in [0.1, 0.15) is 5.69 Å². The Morgan fingerprint density at radius 2 is 2.00 bits per heavy atom. The van der Waals surface area contributed by atoms with Gasteiger partial charge in [0.25, 0.3) is 0 Å². The van der Waals surface area contributed by atoms with Crippen LogP contribution in [-0.4, -0.2) is 4.98 Å². The van der Waals surface area contributed by atoms with Crippen LogP contribution in [0.1, 0.15) is 32.0 Å². The van der Waals surface area contributed by atoms with E-state index in [0.29, 0.717) is 0 Å². The average Bonchev–Trinajstić information content (AvgIpc) is 2.00. The molecule has 0 spiro atoms. The van der Waals surface area contributed by atoms with Gasteiger partial charge in [-0.1, -0.05) is 5.92 Å². The normalized spacial score (nSPS) is 10.6. The van der Waals surface area contributed by atoms with Gasteiger partial charge in [0.2, 0.25) is 0 Å². The Hall–Kier alpha value is -1.36. The van der Waals surface area contributed by atoms with Gasteiger partial charge in [0.15, 0.2) is 5.82 Å². The Morgan fingerprint density at radius 3 is 2.50 bits per heavy atom. The Bertz CT molecular complexity index is 391. The summed E-state index contributed by atoms with van der Waals surface area (Å²) in [6.07, 6.45) is 1.62. The van der Waals surface area contributed by atoms with Crippen LogP contribution >= 0.6 is 0 Å². The summed E-state index contributed by atoms with van der Waals surface area (Å²) in [5, 5.41) is 0. The van der Waals surface area contributed by atoms with Crippen molar-refractivity contribution >= 4 is 0 Å². The Balaban J connectivity index is 3.02. The smallest absolute Gasteiger partial charge is 0.157 e. The number of hydrogen-bond donors (Lipinski definition) is 0. The molecule has 0 aromatic carbocycles. The topological polar surface area (TPSA) is 12.9 Å². The van der Waals surface area contributed by atoms with Crippen LogP contribution in [0.5, 0.6) is 0 Å². The molecule has 74 valence electrons. The first-order chi connectivity index (χ1) is 6.38. The molecule has 1 aromatic rings. The molecule has 0 fully saturated rings. The third kappa shape index (κ3) is 3.18. The van der Waals surface area contributed by atoms with Crippen molar-refractivity contribution in [3.63, 3.8) is 0 Å². The second-order valence-electron chi connectivity index (χ2n) is 4.34. The minimum Gasteiger partial charge on any atom is -0.244 e. The van der Waals surface area contributed by atoms with E-state index in [-0.39, 0.29) is 16.9 Å². The first-order valence-electron chi connectivity index (χ1n) is 4.54. The van der Waals surface area contributed by atoms with Crippen LogP contribution in [0.15, 0.2) is 12.3 Å². The number of aryl methyl sites for hydroxylation is 1. The lowest BCUT2D eigenvalue weighted by atomic mass is 9.98. The van der Waals surface area contributed by atoms with Crippen molar-refractivity contribution in [2.45, 2.75) is 27.7 Å². The lowest BCUT2D eigenvalue weighted by molar-refractivity contribution is 0.570. The Morgan fingerprint density at radius 1 is 1.36 bits per heavy atom. The molecule has 1 heterocycles. The maximum Gasteiger partial charge on any atom is 0.157 e. The molecule has 0 aliphatic carbocycles. The van der Waals surface area contributed by atoms with Crippen molar-refractivity contribution in [2.75, 3.05) is 0 Å². The number of rotatable bonds is 0. The highest BCUT2D eigenvalue weighted by Gasteiger charge is 2.05. The standard InChI is InChI=1S/C12H14FN/c1-9-7-10(13)11(14-8-9)5-6-12(2,3)4/h7-8H,1-4H3. The van der Waals surface area contributed by atoms with Crippen LogP contribution in [0, 0.1) is 30.0 Å². The molecule has 0 unspecified atom stereocenters. The minimum atomic E-state index is -0.346.